The first-order valence-corrected chi connectivity index (χ1v) is 7.31. The number of nitrogens with one attached hydrogen (secondary N) is 1. The average molecular weight is 306 g/mol. The fourth-order valence-corrected chi connectivity index (χ4v) is 2.82. The molecule has 1 saturated heterocycles. The Labute approximate surface area is 127 Å². The van der Waals surface area contributed by atoms with Gasteiger partial charge in [-0.15, -0.1) is 0 Å². The lowest BCUT2D eigenvalue weighted by atomic mass is 10.2. The van der Waals surface area contributed by atoms with Gasteiger partial charge in [-0.1, -0.05) is 11.6 Å². The van der Waals surface area contributed by atoms with E-state index in [1.165, 1.54) is 0 Å². The van der Waals surface area contributed by atoms with E-state index in [1.807, 2.05) is 11.0 Å². The minimum Gasteiger partial charge on any atom is -0.467 e. The summed E-state index contributed by atoms with van der Waals surface area (Å²) >= 11 is 6.18. The number of aromatic nitrogens is 1. The van der Waals surface area contributed by atoms with Gasteiger partial charge in [0.15, 0.2) is 0 Å². The van der Waals surface area contributed by atoms with E-state index < -0.39 is 0 Å². The minimum absolute atomic E-state index is 0.0226. The molecule has 0 aromatic carbocycles. The highest BCUT2D eigenvalue weighted by Crippen LogP contribution is 2.29. The summed E-state index contributed by atoms with van der Waals surface area (Å²) in [5.41, 5.74) is 0. The highest BCUT2D eigenvalue weighted by Gasteiger charge is 2.32. The Kier molecular flexibility index (Phi) is 4.10. The van der Waals surface area contributed by atoms with Crippen LogP contribution in [0, 0.1) is 0 Å². The standard InChI is InChI=1S/C15H16ClN3O2/c16-12-5-1-7-17-14(12)19-8-2-6-13(19)15(20)18-10-11-4-3-9-21-11/h1,3-5,7,9,13H,2,6,8,10H2,(H,18,20). The van der Waals surface area contributed by atoms with E-state index in [-0.39, 0.29) is 11.9 Å². The molecule has 1 aliphatic rings. The number of halogens is 1. The molecule has 0 saturated carbocycles. The number of nitrogens with zero attached hydrogens (tertiary/aromatic N) is 2. The van der Waals surface area contributed by atoms with Crippen LogP contribution in [0.2, 0.25) is 5.02 Å². The molecule has 110 valence electrons. The molecule has 1 unspecified atom stereocenters. The number of carbonyl (C=O) groups is 1. The number of rotatable bonds is 4. The third-order valence-electron chi connectivity index (χ3n) is 3.58. The van der Waals surface area contributed by atoms with E-state index in [2.05, 4.69) is 10.3 Å². The van der Waals surface area contributed by atoms with Crippen LogP contribution in [-0.2, 0) is 11.3 Å². The number of hydrogen-bond donors (Lipinski definition) is 1. The Bertz CT molecular complexity index is 615. The summed E-state index contributed by atoms with van der Waals surface area (Å²) in [6.07, 6.45) is 5.04. The van der Waals surface area contributed by atoms with Crippen molar-refractivity contribution in [3.05, 3.63) is 47.5 Å². The average Bonchev–Trinajstić information content (AvgIpc) is 3.16. The molecule has 21 heavy (non-hydrogen) atoms. The first kappa shape index (κ1) is 13.9. The molecule has 0 bridgehead atoms. The van der Waals surface area contributed by atoms with Gasteiger partial charge in [-0.3, -0.25) is 4.79 Å². The Balaban J connectivity index is 1.69. The van der Waals surface area contributed by atoms with E-state index in [9.17, 15) is 4.79 Å². The third-order valence-corrected chi connectivity index (χ3v) is 3.88. The number of hydrogen-bond acceptors (Lipinski definition) is 4. The maximum atomic E-state index is 12.4. The van der Waals surface area contributed by atoms with Crippen LogP contribution in [0.5, 0.6) is 0 Å². The Morgan fingerprint density at radius 2 is 2.38 bits per heavy atom. The third kappa shape index (κ3) is 3.03. The summed E-state index contributed by atoms with van der Waals surface area (Å²) in [7, 11) is 0. The number of anilines is 1. The SMILES string of the molecule is O=C(NCc1ccco1)C1CCCN1c1ncccc1Cl. The zero-order chi connectivity index (χ0) is 14.7. The van der Waals surface area contributed by atoms with Gasteiger partial charge in [0.25, 0.3) is 0 Å². The van der Waals surface area contributed by atoms with Crippen LogP contribution in [0.3, 0.4) is 0 Å². The summed E-state index contributed by atoms with van der Waals surface area (Å²) in [6, 6.07) is 6.99. The van der Waals surface area contributed by atoms with Gasteiger partial charge in [-0.25, -0.2) is 4.98 Å². The number of carbonyl (C=O) groups excluding carboxylic acids is 1. The van der Waals surface area contributed by atoms with Gasteiger partial charge in [0, 0.05) is 12.7 Å². The second-order valence-electron chi connectivity index (χ2n) is 4.96. The van der Waals surface area contributed by atoms with Gasteiger partial charge in [-0.2, -0.15) is 0 Å². The fraction of sp³-hybridized carbons (Fsp3) is 0.333. The van der Waals surface area contributed by atoms with Gasteiger partial charge in [0.1, 0.15) is 17.6 Å². The van der Waals surface area contributed by atoms with Gasteiger partial charge >= 0.3 is 0 Å². The zero-order valence-electron chi connectivity index (χ0n) is 11.5. The van der Waals surface area contributed by atoms with Crippen LogP contribution in [-0.4, -0.2) is 23.5 Å². The predicted molar refractivity (Wildman–Crippen MR) is 80.2 cm³/mol. The van der Waals surface area contributed by atoms with Crippen molar-refractivity contribution in [1.82, 2.24) is 10.3 Å². The van der Waals surface area contributed by atoms with Crippen molar-refractivity contribution in [2.24, 2.45) is 0 Å². The van der Waals surface area contributed by atoms with Crippen molar-refractivity contribution < 1.29 is 9.21 Å². The van der Waals surface area contributed by atoms with Gasteiger partial charge in [0.05, 0.1) is 17.8 Å². The van der Waals surface area contributed by atoms with E-state index in [0.717, 1.165) is 25.1 Å². The largest absolute Gasteiger partial charge is 0.467 e. The molecular weight excluding hydrogens is 290 g/mol. The quantitative estimate of drug-likeness (QED) is 0.943. The van der Waals surface area contributed by atoms with Crippen molar-refractivity contribution in [3.8, 4) is 0 Å². The van der Waals surface area contributed by atoms with Crippen LogP contribution in [0.1, 0.15) is 18.6 Å². The molecule has 5 nitrogen and oxygen atoms in total. The highest BCUT2D eigenvalue weighted by molar-refractivity contribution is 6.33. The Hall–Kier alpha value is -2.01. The molecule has 3 heterocycles. The first-order chi connectivity index (χ1) is 10.3. The summed E-state index contributed by atoms with van der Waals surface area (Å²) < 4.78 is 5.22. The van der Waals surface area contributed by atoms with Gasteiger partial charge in [-0.05, 0) is 37.1 Å². The second-order valence-corrected chi connectivity index (χ2v) is 5.36. The molecule has 6 heteroatoms. The van der Waals surface area contributed by atoms with Crippen molar-refractivity contribution >= 4 is 23.3 Å². The first-order valence-electron chi connectivity index (χ1n) is 6.93. The zero-order valence-corrected chi connectivity index (χ0v) is 12.2. The molecule has 0 aliphatic carbocycles. The molecule has 2 aromatic heterocycles. The number of furan rings is 1. The monoisotopic (exact) mass is 305 g/mol. The van der Waals surface area contributed by atoms with Crippen LogP contribution >= 0.6 is 11.6 Å². The lowest BCUT2D eigenvalue weighted by molar-refractivity contribution is -0.122. The molecule has 0 spiro atoms. The van der Waals surface area contributed by atoms with Crippen LogP contribution in [0.15, 0.2) is 41.1 Å². The maximum absolute atomic E-state index is 12.4. The molecule has 1 N–H and O–H groups in total. The summed E-state index contributed by atoms with van der Waals surface area (Å²) in [5.74, 6) is 1.39. The predicted octanol–water partition coefficient (Wildman–Crippen LogP) is 2.61. The van der Waals surface area contributed by atoms with Crippen LogP contribution in [0.4, 0.5) is 5.82 Å². The van der Waals surface area contributed by atoms with E-state index in [4.69, 9.17) is 16.0 Å². The summed E-state index contributed by atoms with van der Waals surface area (Å²) in [4.78, 5) is 18.6. The summed E-state index contributed by atoms with van der Waals surface area (Å²) in [6.45, 7) is 1.18. The van der Waals surface area contributed by atoms with Crippen LogP contribution < -0.4 is 10.2 Å². The molecule has 3 rings (SSSR count). The molecule has 0 radical (unpaired) electrons. The Morgan fingerprint density at radius 3 is 3.14 bits per heavy atom. The molecule has 1 atom stereocenters. The molecule has 1 aliphatic heterocycles. The lowest BCUT2D eigenvalue weighted by Gasteiger charge is -2.25. The highest BCUT2D eigenvalue weighted by atomic mass is 35.5. The fourth-order valence-electron chi connectivity index (χ4n) is 2.59. The van der Waals surface area contributed by atoms with Crippen LogP contribution in [0.25, 0.3) is 0 Å². The minimum atomic E-state index is -0.229. The molecule has 2 aromatic rings. The Morgan fingerprint density at radius 1 is 1.48 bits per heavy atom. The van der Waals surface area contributed by atoms with E-state index >= 15 is 0 Å². The second kappa shape index (κ2) is 6.18. The van der Waals surface area contributed by atoms with Crippen molar-refractivity contribution in [2.75, 3.05) is 11.4 Å². The van der Waals surface area contributed by atoms with Crippen molar-refractivity contribution in [3.63, 3.8) is 0 Å². The molecule has 1 amide bonds. The van der Waals surface area contributed by atoms with E-state index in [0.29, 0.717) is 17.4 Å². The maximum Gasteiger partial charge on any atom is 0.243 e. The topological polar surface area (TPSA) is 58.4 Å². The van der Waals surface area contributed by atoms with Gasteiger partial charge in [0.2, 0.25) is 5.91 Å². The number of amides is 1. The number of pyridine rings is 1. The van der Waals surface area contributed by atoms with Gasteiger partial charge < -0.3 is 14.6 Å². The van der Waals surface area contributed by atoms with E-state index in [1.54, 1.807) is 30.7 Å². The molecule has 1 fully saturated rings. The lowest BCUT2D eigenvalue weighted by Crippen LogP contribution is -2.43. The van der Waals surface area contributed by atoms with Crippen molar-refractivity contribution in [2.45, 2.75) is 25.4 Å². The summed E-state index contributed by atoms with van der Waals surface area (Å²) in [5, 5.41) is 3.47. The van der Waals surface area contributed by atoms with Crippen molar-refractivity contribution in [1.29, 1.82) is 0 Å². The molecular formula is C15H16ClN3O2. The smallest absolute Gasteiger partial charge is 0.243 e. The normalized spacial score (nSPS) is 18.0.